The molecule has 0 saturated carbocycles. The Morgan fingerprint density at radius 1 is 1.38 bits per heavy atom. The minimum Gasteiger partial charge on any atom is -0.291 e. The molecule has 0 aliphatic carbocycles. The molecule has 0 unspecified atom stereocenters. The van der Waals surface area contributed by atoms with Crippen molar-refractivity contribution in [1.29, 1.82) is 0 Å². The molecule has 1 saturated heterocycles. The van der Waals surface area contributed by atoms with Crippen molar-refractivity contribution in [3.05, 3.63) is 0 Å². The maximum absolute atomic E-state index is 3.09. The zero-order valence-electron chi connectivity index (χ0n) is 5.52. The van der Waals surface area contributed by atoms with Crippen LogP contribution in [0.25, 0.3) is 0 Å². The van der Waals surface area contributed by atoms with E-state index in [9.17, 15) is 0 Å². The van der Waals surface area contributed by atoms with Crippen LogP contribution in [0.4, 0.5) is 0 Å². The summed E-state index contributed by atoms with van der Waals surface area (Å²) >= 11 is 0. The first-order valence-corrected chi connectivity index (χ1v) is 2.94. The summed E-state index contributed by atoms with van der Waals surface area (Å²) in [6.45, 7) is 3.38. The van der Waals surface area contributed by atoms with Crippen molar-refractivity contribution in [3.8, 4) is 0 Å². The summed E-state index contributed by atoms with van der Waals surface area (Å²) in [6, 6.07) is 0. The molecule has 1 rings (SSSR count). The van der Waals surface area contributed by atoms with E-state index in [1.807, 2.05) is 7.05 Å². The second-order valence-electron chi connectivity index (χ2n) is 2.21. The molecule has 0 aromatic rings. The highest BCUT2D eigenvalue weighted by atomic mass is 15.6. The first-order chi connectivity index (χ1) is 3.83. The molecule has 1 heterocycles. The summed E-state index contributed by atoms with van der Waals surface area (Å²) in [5, 5.41) is 2.18. The van der Waals surface area contributed by atoms with Crippen LogP contribution in [0.3, 0.4) is 0 Å². The average molecular weight is 115 g/mol. The highest BCUT2D eigenvalue weighted by Crippen LogP contribution is 1.95. The van der Waals surface area contributed by atoms with Crippen molar-refractivity contribution in [3.63, 3.8) is 0 Å². The molecule has 1 aliphatic rings. The fraction of sp³-hybridized carbons (Fsp3) is 1.00. The molecule has 1 aliphatic heterocycles. The van der Waals surface area contributed by atoms with Crippen LogP contribution in [-0.4, -0.2) is 43.8 Å². The van der Waals surface area contributed by atoms with E-state index in [4.69, 9.17) is 0 Å². The van der Waals surface area contributed by atoms with Gasteiger partial charge in [-0.25, -0.2) is 5.01 Å². The van der Waals surface area contributed by atoms with E-state index in [1.165, 1.54) is 6.54 Å². The molecular formula is C5H13N3. The monoisotopic (exact) mass is 115 g/mol. The van der Waals surface area contributed by atoms with Crippen LogP contribution in [0.1, 0.15) is 0 Å². The third-order valence-electron chi connectivity index (χ3n) is 1.48. The minimum atomic E-state index is 1.05. The molecule has 48 valence electrons. The largest absolute Gasteiger partial charge is 0.291 e. The molecule has 0 spiro atoms. The average Bonchev–Trinajstić information content (AvgIpc) is 2.14. The summed E-state index contributed by atoms with van der Waals surface area (Å²) in [4.78, 5) is 2.27. The van der Waals surface area contributed by atoms with E-state index < -0.39 is 0 Å². The molecule has 0 atom stereocenters. The Morgan fingerprint density at radius 3 is 2.38 bits per heavy atom. The van der Waals surface area contributed by atoms with Crippen molar-refractivity contribution in [2.24, 2.45) is 0 Å². The van der Waals surface area contributed by atoms with E-state index in [2.05, 4.69) is 22.4 Å². The van der Waals surface area contributed by atoms with Gasteiger partial charge < -0.3 is 0 Å². The molecule has 3 nitrogen and oxygen atoms in total. The molecule has 3 heteroatoms. The van der Waals surface area contributed by atoms with Gasteiger partial charge in [0.2, 0.25) is 0 Å². The number of likely N-dealkylation sites (N-methyl/N-ethyl adjacent to an activating group) is 1. The van der Waals surface area contributed by atoms with Crippen LogP contribution in [0.5, 0.6) is 0 Å². The van der Waals surface area contributed by atoms with Gasteiger partial charge in [0.15, 0.2) is 0 Å². The lowest BCUT2D eigenvalue weighted by molar-refractivity contribution is 0.218. The molecule has 0 bridgehead atoms. The third-order valence-corrected chi connectivity index (χ3v) is 1.48. The molecule has 0 radical (unpaired) electrons. The predicted octanol–water partition coefficient (Wildman–Crippen LogP) is -0.674. The molecule has 8 heavy (non-hydrogen) atoms. The maximum atomic E-state index is 3.09. The molecule has 0 amide bonds. The Balaban J connectivity index is 2.22. The third kappa shape index (κ3) is 1.18. The van der Waals surface area contributed by atoms with Gasteiger partial charge in [0.1, 0.15) is 0 Å². The maximum Gasteiger partial charge on any atom is 0.0644 e. The lowest BCUT2D eigenvalue weighted by atomic mass is 10.7. The van der Waals surface area contributed by atoms with Gasteiger partial charge in [0, 0.05) is 13.1 Å². The van der Waals surface area contributed by atoms with Gasteiger partial charge in [0.05, 0.1) is 6.67 Å². The van der Waals surface area contributed by atoms with Crippen molar-refractivity contribution in [2.45, 2.75) is 0 Å². The smallest absolute Gasteiger partial charge is 0.0644 e. The van der Waals surface area contributed by atoms with Crippen molar-refractivity contribution in [2.75, 3.05) is 33.9 Å². The number of nitrogens with zero attached hydrogens (tertiary/aromatic N) is 2. The SMILES string of the molecule is CNN1CCN(C)C1. The van der Waals surface area contributed by atoms with E-state index in [1.54, 1.807) is 0 Å². The Kier molecular flexibility index (Phi) is 1.83. The second-order valence-corrected chi connectivity index (χ2v) is 2.21. The number of hydrogen-bond acceptors (Lipinski definition) is 3. The molecule has 0 aromatic heterocycles. The lowest BCUT2D eigenvalue weighted by Crippen LogP contribution is -2.33. The Bertz CT molecular complexity index is 74.1. The zero-order valence-corrected chi connectivity index (χ0v) is 5.52. The van der Waals surface area contributed by atoms with E-state index in [0.29, 0.717) is 0 Å². The Labute approximate surface area is 50.2 Å². The van der Waals surface area contributed by atoms with E-state index in [-0.39, 0.29) is 0 Å². The van der Waals surface area contributed by atoms with Crippen LogP contribution in [0.15, 0.2) is 0 Å². The van der Waals surface area contributed by atoms with Crippen LogP contribution in [0, 0.1) is 0 Å². The quantitative estimate of drug-likeness (QED) is 0.489. The van der Waals surface area contributed by atoms with E-state index >= 15 is 0 Å². The summed E-state index contributed by atoms with van der Waals surface area (Å²) in [5.74, 6) is 0. The number of hydrazine groups is 1. The molecule has 0 aromatic carbocycles. The van der Waals surface area contributed by atoms with Crippen LogP contribution < -0.4 is 5.43 Å². The van der Waals surface area contributed by atoms with Crippen LogP contribution >= 0.6 is 0 Å². The van der Waals surface area contributed by atoms with Gasteiger partial charge in [-0.15, -0.1) is 0 Å². The highest BCUT2D eigenvalue weighted by molar-refractivity contribution is 4.62. The van der Waals surface area contributed by atoms with Crippen molar-refractivity contribution >= 4 is 0 Å². The zero-order chi connectivity index (χ0) is 5.98. The Hall–Kier alpha value is -0.120. The highest BCUT2D eigenvalue weighted by Gasteiger charge is 2.12. The van der Waals surface area contributed by atoms with Gasteiger partial charge in [-0.05, 0) is 14.1 Å². The topological polar surface area (TPSA) is 18.5 Å². The second kappa shape index (κ2) is 2.44. The molecule has 1 N–H and O–H groups in total. The summed E-state index contributed by atoms with van der Waals surface area (Å²) in [5.41, 5.74) is 3.09. The fourth-order valence-corrected chi connectivity index (χ4v) is 0.907. The number of nitrogens with one attached hydrogen (secondary N) is 1. The normalized spacial score (nSPS) is 24.8. The molecular weight excluding hydrogens is 102 g/mol. The number of hydrogen-bond donors (Lipinski definition) is 1. The van der Waals surface area contributed by atoms with Gasteiger partial charge in [-0.3, -0.25) is 10.3 Å². The first-order valence-electron chi connectivity index (χ1n) is 2.94. The minimum absolute atomic E-state index is 1.05. The summed E-state index contributed by atoms with van der Waals surface area (Å²) in [6.07, 6.45) is 0. The number of rotatable bonds is 1. The summed E-state index contributed by atoms with van der Waals surface area (Å²) in [7, 11) is 4.08. The van der Waals surface area contributed by atoms with Crippen molar-refractivity contribution in [1.82, 2.24) is 15.3 Å². The van der Waals surface area contributed by atoms with Crippen LogP contribution in [-0.2, 0) is 0 Å². The van der Waals surface area contributed by atoms with E-state index in [0.717, 1.165) is 13.2 Å². The van der Waals surface area contributed by atoms with Gasteiger partial charge >= 0.3 is 0 Å². The standard InChI is InChI=1S/C5H13N3/c1-6-8-4-3-7(2)5-8/h6H,3-5H2,1-2H3. The molecule has 1 fully saturated rings. The van der Waals surface area contributed by atoms with Gasteiger partial charge in [-0.2, -0.15) is 0 Å². The summed E-state index contributed by atoms with van der Waals surface area (Å²) < 4.78 is 0. The predicted molar refractivity (Wildman–Crippen MR) is 33.3 cm³/mol. The van der Waals surface area contributed by atoms with Gasteiger partial charge in [0.25, 0.3) is 0 Å². The first kappa shape index (κ1) is 6.01. The van der Waals surface area contributed by atoms with Crippen LogP contribution in [0.2, 0.25) is 0 Å². The van der Waals surface area contributed by atoms with Crippen molar-refractivity contribution < 1.29 is 0 Å². The lowest BCUT2D eigenvalue weighted by Gasteiger charge is -2.12. The van der Waals surface area contributed by atoms with Gasteiger partial charge in [-0.1, -0.05) is 0 Å². The fourth-order valence-electron chi connectivity index (χ4n) is 0.907. The Morgan fingerprint density at radius 2 is 2.12 bits per heavy atom.